The van der Waals surface area contributed by atoms with Gasteiger partial charge in [0.1, 0.15) is 5.75 Å². The highest BCUT2D eigenvalue weighted by atomic mass is 16.5. The smallest absolute Gasteiger partial charge is 0.308 e. The molecule has 6 heteroatoms. The molecule has 1 heterocycles. The minimum atomic E-state index is -0.206. The molecule has 114 valence electrons. The van der Waals surface area contributed by atoms with Crippen molar-refractivity contribution in [3.05, 3.63) is 23.8 Å². The summed E-state index contributed by atoms with van der Waals surface area (Å²) in [6, 6.07) is 5.14. The van der Waals surface area contributed by atoms with E-state index >= 15 is 0 Å². The van der Waals surface area contributed by atoms with Gasteiger partial charge in [-0.15, -0.1) is 0 Å². The predicted octanol–water partition coefficient (Wildman–Crippen LogP) is 1.30. The molecule has 1 amide bonds. The number of ether oxygens (including phenoxy) is 2. The van der Waals surface area contributed by atoms with Crippen molar-refractivity contribution in [2.45, 2.75) is 12.8 Å². The Kier molecular flexibility index (Phi) is 4.67. The van der Waals surface area contributed by atoms with E-state index in [2.05, 4.69) is 0 Å². The number of anilines is 1. The Balaban J connectivity index is 2.07. The van der Waals surface area contributed by atoms with E-state index in [0.29, 0.717) is 42.9 Å². The highest BCUT2D eigenvalue weighted by molar-refractivity contribution is 6.00. The van der Waals surface area contributed by atoms with Crippen LogP contribution in [0.2, 0.25) is 0 Å². The lowest BCUT2D eigenvalue weighted by atomic mass is 9.96. The molecule has 0 spiro atoms. The van der Waals surface area contributed by atoms with Gasteiger partial charge >= 0.3 is 5.97 Å². The van der Waals surface area contributed by atoms with E-state index in [1.54, 1.807) is 23.1 Å². The van der Waals surface area contributed by atoms with Crippen LogP contribution in [0.5, 0.6) is 5.75 Å². The SMILES string of the molecule is COC(=O)C1CCN(C(=O)c2cccc(OC)c2N)CC1. The number of benzene rings is 1. The van der Waals surface area contributed by atoms with E-state index in [1.165, 1.54) is 14.2 Å². The molecule has 0 atom stereocenters. The summed E-state index contributed by atoms with van der Waals surface area (Å²) in [5, 5.41) is 0. The number of amides is 1. The number of likely N-dealkylation sites (tertiary alicyclic amines) is 1. The summed E-state index contributed by atoms with van der Waals surface area (Å²) in [6.07, 6.45) is 1.23. The normalized spacial score (nSPS) is 15.6. The number of nitrogen functional groups attached to an aromatic ring is 1. The average molecular weight is 292 g/mol. The minimum Gasteiger partial charge on any atom is -0.495 e. The number of para-hydroxylation sites is 1. The first-order valence-corrected chi connectivity index (χ1v) is 6.88. The Morgan fingerprint density at radius 2 is 1.90 bits per heavy atom. The van der Waals surface area contributed by atoms with Gasteiger partial charge in [0.15, 0.2) is 0 Å². The molecule has 1 fully saturated rings. The molecule has 0 radical (unpaired) electrons. The standard InChI is InChI=1S/C15H20N2O4/c1-20-12-5-3-4-11(13(12)16)14(18)17-8-6-10(7-9-17)15(19)21-2/h3-5,10H,6-9,16H2,1-2H3. The molecule has 0 aliphatic carbocycles. The molecule has 1 aliphatic rings. The van der Waals surface area contributed by atoms with Gasteiger partial charge in [0.05, 0.1) is 31.4 Å². The Morgan fingerprint density at radius 1 is 1.24 bits per heavy atom. The first kappa shape index (κ1) is 15.2. The van der Waals surface area contributed by atoms with Gasteiger partial charge in [-0.05, 0) is 25.0 Å². The third-order valence-corrected chi connectivity index (χ3v) is 3.83. The average Bonchev–Trinajstić information content (AvgIpc) is 2.54. The van der Waals surface area contributed by atoms with E-state index in [4.69, 9.17) is 15.2 Å². The Morgan fingerprint density at radius 3 is 2.48 bits per heavy atom. The van der Waals surface area contributed by atoms with Crippen molar-refractivity contribution in [3.8, 4) is 5.75 Å². The Bertz CT molecular complexity index is 536. The van der Waals surface area contributed by atoms with Crippen LogP contribution < -0.4 is 10.5 Å². The molecular formula is C15H20N2O4. The molecule has 1 aliphatic heterocycles. The second-order valence-electron chi connectivity index (χ2n) is 5.01. The van der Waals surface area contributed by atoms with Crippen LogP contribution in [0.3, 0.4) is 0 Å². The maximum atomic E-state index is 12.5. The summed E-state index contributed by atoms with van der Waals surface area (Å²) < 4.78 is 9.87. The van der Waals surface area contributed by atoms with Crippen LogP contribution in [0, 0.1) is 5.92 Å². The van der Waals surface area contributed by atoms with Crippen molar-refractivity contribution < 1.29 is 19.1 Å². The zero-order chi connectivity index (χ0) is 15.4. The molecule has 0 aromatic heterocycles. The molecular weight excluding hydrogens is 272 g/mol. The number of carbonyl (C=O) groups is 2. The maximum Gasteiger partial charge on any atom is 0.308 e. The van der Waals surface area contributed by atoms with Crippen molar-refractivity contribution in [1.29, 1.82) is 0 Å². The summed E-state index contributed by atoms with van der Waals surface area (Å²) in [5.41, 5.74) is 6.74. The first-order chi connectivity index (χ1) is 10.1. The van der Waals surface area contributed by atoms with Crippen molar-refractivity contribution in [3.63, 3.8) is 0 Å². The fourth-order valence-corrected chi connectivity index (χ4v) is 2.56. The van der Waals surface area contributed by atoms with E-state index in [9.17, 15) is 9.59 Å². The number of rotatable bonds is 3. The van der Waals surface area contributed by atoms with Gasteiger partial charge < -0.3 is 20.1 Å². The number of nitrogens with zero attached hydrogens (tertiary/aromatic N) is 1. The second kappa shape index (κ2) is 6.47. The molecule has 0 bridgehead atoms. The Labute approximate surface area is 123 Å². The zero-order valence-corrected chi connectivity index (χ0v) is 12.3. The highest BCUT2D eigenvalue weighted by Crippen LogP contribution is 2.27. The van der Waals surface area contributed by atoms with Crippen LogP contribution in [0.1, 0.15) is 23.2 Å². The van der Waals surface area contributed by atoms with Gasteiger partial charge in [-0.2, -0.15) is 0 Å². The number of hydrogen-bond acceptors (Lipinski definition) is 5. The quantitative estimate of drug-likeness (QED) is 0.671. The van der Waals surface area contributed by atoms with Crippen LogP contribution in [0.4, 0.5) is 5.69 Å². The van der Waals surface area contributed by atoms with E-state index < -0.39 is 0 Å². The van der Waals surface area contributed by atoms with Gasteiger partial charge in [-0.1, -0.05) is 6.07 Å². The first-order valence-electron chi connectivity index (χ1n) is 6.88. The van der Waals surface area contributed by atoms with Gasteiger partial charge in [0.25, 0.3) is 5.91 Å². The predicted molar refractivity (Wildman–Crippen MR) is 78.0 cm³/mol. The van der Waals surface area contributed by atoms with Gasteiger partial charge in [0, 0.05) is 13.1 Å². The molecule has 1 aromatic rings. The second-order valence-corrected chi connectivity index (χ2v) is 5.01. The summed E-state index contributed by atoms with van der Waals surface area (Å²) in [6.45, 7) is 1.05. The van der Waals surface area contributed by atoms with Crippen LogP contribution in [-0.2, 0) is 9.53 Å². The molecule has 1 saturated heterocycles. The minimum absolute atomic E-state index is 0.123. The third kappa shape index (κ3) is 3.09. The van der Waals surface area contributed by atoms with Crippen LogP contribution in [0.15, 0.2) is 18.2 Å². The van der Waals surface area contributed by atoms with Gasteiger partial charge in [-0.25, -0.2) is 0 Å². The highest BCUT2D eigenvalue weighted by Gasteiger charge is 2.29. The van der Waals surface area contributed by atoms with E-state index in [0.717, 1.165) is 0 Å². The van der Waals surface area contributed by atoms with Crippen LogP contribution in [-0.4, -0.2) is 44.1 Å². The number of piperidine rings is 1. The van der Waals surface area contributed by atoms with Crippen molar-refractivity contribution in [1.82, 2.24) is 4.90 Å². The largest absolute Gasteiger partial charge is 0.495 e. The summed E-state index contributed by atoms with van der Waals surface area (Å²) in [7, 11) is 2.90. The molecule has 1 aromatic carbocycles. The number of methoxy groups -OCH3 is 2. The van der Waals surface area contributed by atoms with Gasteiger partial charge in [0.2, 0.25) is 0 Å². The van der Waals surface area contributed by atoms with Crippen LogP contribution in [0.25, 0.3) is 0 Å². The zero-order valence-electron chi connectivity index (χ0n) is 12.3. The molecule has 2 rings (SSSR count). The summed E-state index contributed by atoms with van der Waals surface area (Å²) in [5.74, 6) is 0.0321. The lowest BCUT2D eigenvalue weighted by Gasteiger charge is -2.31. The fraction of sp³-hybridized carbons (Fsp3) is 0.467. The molecule has 0 saturated carbocycles. The number of esters is 1. The molecule has 0 unspecified atom stereocenters. The van der Waals surface area contributed by atoms with Crippen molar-refractivity contribution in [2.24, 2.45) is 5.92 Å². The lowest BCUT2D eigenvalue weighted by molar-refractivity contribution is -0.146. The van der Waals surface area contributed by atoms with E-state index in [1.807, 2.05) is 0 Å². The monoisotopic (exact) mass is 292 g/mol. The van der Waals surface area contributed by atoms with Crippen LogP contribution >= 0.6 is 0 Å². The number of carbonyl (C=O) groups excluding carboxylic acids is 2. The van der Waals surface area contributed by atoms with Crippen molar-refractivity contribution >= 4 is 17.6 Å². The fourth-order valence-electron chi connectivity index (χ4n) is 2.56. The number of nitrogens with two attached hydrogens (primary N) is 1. The lowest BCUT2D eigenvalue weighted by Crippen LogP contribution is -2.40. The van der Waals surface area contributed by atoms with E-state index in [-0.39, 0.29) is 17.8 Å². The topological polar surface area (TPSA) is 81.9 Å². The Hall–Kier alpha value is -2.24. The summed E-state index contributed by atoms with van der Waals surface area (Å²) >= 11 is 0. The molecule has 21 heavy (non-hydrogen) atoms. The number of hydrogen-bond donors (Lipinski definition) is 1. The van der Waals surface area contributed by atoms with Crippen molar-refractivity contribution in [2.75, 3.05) is 33.0 Å². The third-order valence-electron chi connectivity index (χ3n) is 3.83. The maximum absolute atomic E-state index is 12.5. The molecule has 6 nitrogen and oxygen atoms in total. The molecule has 2 N–H and O–H groups in total. The summed E-state index contributed by atoms with van der Waals surface area (Å²) in [4.78, 5) is 25.7. The van der Waals surface area contributed by atoms with Gasteiger partial charge in [-0.3, -0.25) is 9.59 Å².